The largest absolute Gasteiger partial charge is 0.310 e. The van der Waals surface area contributed by atoms with Gasteiger partial charge in [0.25, 0.3) is 0 Å². The zero-order chi connectivity index (χ0) is 36.0. The smallest absolute Gasteiger partial charge is 0.0464 e. The van der Waals surface area contributed by atoms with Crippen LogP contribution >= 0.6 is 0 Å². The van der Waals surface area contributed by atoms with Crippen LogP contribution in [0, 0.1) is 13.8 Å². The van der Waals surface area contributed by atoms with Gasteiger partial charge in [-0.25, -0.2) is 0 Å². The van der Waals surface area contributed by atoms with E-state index < -0.39 is 0 Å². The van der Waals surface area contributed by atoms with Crippen LogP contribution < -0.4 is 9.80 Å². The Labute approximate surface area is 313 Å². The topological polar surface area (TPSA) is 6.48 Å². The van der Waals surface area contributed by atoms with Crippen molar-refractivity contribution >= 4 is 34.1 Å². The lowest BCUT2D eigenvalue weighted by Gasteiger charge is -2.26. The van der Waals surface area contributed by atoms with E-state index in [2.05, 4.69) is 230 Å². The molecule has 8 aromatic carbocycles. The molecule has 0 aromatic heterocycles. The van der Waals surface area contributed by atoms with Gasteiger partial charge in [-0.05, 0) is 138 Å². The molecule has 0 saturated heterocycles. The Morgan fingerprint density at radius 2 is 0.642 bits per heavy atom. The highest BCUT2D eigenvalue weighted by Gasteiger charge is 2.17. The molecule has 0 saturated carbocycles. The third-order valence-corrected chi connectivity index (χ3v) is 9.84. The monoisotopic (exact) mass is 682 g/mol. The van der Waals surface area contributed by atoms with Crippen molar-refractivity contribution in [1.29, 1.82) is 0 Å². The van der Waals surface area contributed by atoms with E-state index in [-0.39, 0.29) is 0 Å². The van der Waals surface area contributed by atoms with Gasteiger partial charge in [-0.15, -0.1) is 0 Å². The zero-order valence-electron chi connectivity index (χ0n) is 30.2. The molecule has 0 amide bonds. The minimum Gasteiger partial charge on any atom is -0.310 e. The molecule has 53 heavy (non-hydrogen) atoms. The lowest BCUT2D eigenvalue weighted by Crippen LogP contribution is -2.10. The quantitative estimate of drug-likeness (QED) is 0.165. The molecule has 0 atom stereocenters. The third-order valence-electron chi connectivity index (χ3n) is 9.84. The molecule has 0 N–H and O–H groups in total. The van der Waals surface area contributed by atoms with E-state index in [1.54, 1.807) is 0 Å². The lowest BCUT2D eigenvalue weighted by molar-refractivity contribution is 1.26. The normalized spacial score (nSPS) is 11.1. The van der Waals surface area contributed by atoms with E-state index >= 15 is 0 Å². The number of para-hydroxylation sites is 2. The summed E-state index contributed by atoms with van der Waals surface area (Å²) in [6.07, 6.45) is 1.10. The molecule has 0 radical (unpaired) electrons. The molecule has 9 rings (SSSR count). The van der Waals surface area contributed by atoms with Crippen LogP contribution in [-0.4, -0.2) is 0 Å². The maximum Gasteiger partial charge on any atom is 0.0464 e. The minimum absolute atomic E-state index is 1.10. The number of aryl methyl sites for hydroxylation is 2. The van der Waals surface area contributed by atoms with Gasteiger partial charge in [0.1, 0.15) is 0 Å². The van der Waals surface area contributed by atoms with Gasteiger partial charge in [-0.3, -0.25) is 0 Å². The second-order valence-corrected chi connectivity index (χ2v) is 13.6. The molecule has 1 aliphatic carbocycles. The van der Waals surface area contributed by atoms with Gasteiger partial charge >= 0.3 is 0 Å². The van der Waals surface area contributed by atoms with Crippen LogP contribution in [0.25, 0.3) is 22.3 Å². The molecule has 0 heterocycles. The summed E-state index contributed by atoms with van der Waals surface area (Å²) in [6, 6.07) is 73.4. The van der Waals surface area contributed by atoms with E-state index in [1.165, 1.54) is 44.5 Å². The highest BCUT2D eigenvalue weighted by atomic mass is 15.1. The van der Waals surface area contributed by atoms with Crippen LogP contribution in [0.1, 0.15) is 22.3 Å². The fourth-order valence-corrected chi connectivity index (χ4v) is 7.27. The van der Waals surface area contributed by atoms with E-state index in [4.69, 9.17) is 0 Å². The summed E-state index contributed by atoms with van der Waals surface area (Å²) < 4.78 is 0. The van der Waals surface area contributed by atoms with Crippen molar-refractivity contribution < 1.29 is 0 Å². The first kappa shape index (κ1) is 33.5. The summed E-state index contributed by atoms with van der Waals surface area (Å²) in [4.78, 5) is 4.61. The molecule has 0 fully saturated rings. The van der Waals surface area contributed by atoms with Crippen molar-refractivity contribution in [3.63, 3.8) is 0 Å². The summed E-state index contributed by atoms with van der Waals surface area (Å²) in [5.41, 5.74) is 17.5. The molecular weight excluding hydrogens is 641 g/mol. The summed E-state index contributed by atoms with van der Waals surface area (Å²) in [6.45, 7) is 4.27. The Kier molecular flexibility index (Phi) is 9.68. The highest BCUT2D eigenvalue weighted by Crippen LogP contribution is 2.39. The van der Waals surface area contributed by atoms with Crippen molar-refractivity contribution in [3.05, 3.63) is 229 Å². The molecule has 0 unspecified atom stereocenters. The fraction of sp³-hybridized carbons (Fsp3) is 0.0588. The van der Waals surface area contributed by atoms with Gasteiger partial charge in [0.05, 0.1) is 0 Å². The maximum absolute atomic E-state index is 2.31. The SMILES string of the molecule is Cc1cccc(N(c2ccccc2)c2ccc(-c3ccc(N(c4ccccc4)c4cccc(C)c4)cc3)cc2)c1.c1ccc2c(c1)Cc1ccccc1-2. The van der Waals surface area contributed by atoms with E-state index in [0.29, 0.717) is 0 Å². The molecule has 256 valence electrons. The van der Waals surface area contributed by atoms with Crippen LogP contribution in [0.2, 0.25) is 0 Å². The van der Waals surface area contributed by atoms with E-state index in [0.717, 1.165) is 40.5 Å². The first-order chi connectivity index (χ1) is 26.1. The van der Waals surface area contributed by atoms with Gasteiger partial charge < -0.3 is 9.80 Å². The fourth-order valence-electron chi connectivity index (χ4n) is 7.27. The second kappa shape index (κ2) is 15.3. The van der Waals surface area contributed by atoms with Gasteiger partial charge in [-0.1, -0.05) is 133 Å². The van der Waals surface area contributed by atoms with Gasteiger partial charge in [-0.2, -0.15) is 0 Å². The Morgan fingerprint density at radius 1 is 0.302 bits per heavy atom. The standard InChI is InChI=1S/C38H32N2.C13H10/c1-29-11-9-17-37(27-29)39(33-13-5-3-6-14-33)35-23-19-31(20-24-35)32-21-25-36(26-22-32)40(34-15-7-4-8-16-34)38-18-10-12-30(2)28-38;1-3-7-12-10(5-1)9-11-6-2-4-8-13(11)12/h3-28H,1-2H3;1-8H,9H2. The summed E-state index contributed by atoms with van der Waals surface area (Å²) in [5.74, 6) is 0. The highest BCUT2D eigenvalue weighted by molar-refractivity contribution is 5.81. The van der Waals surface area contributed by atoms with Crippen molar-refractivity contribution in [2.24, 2.45) is 0 Å². The number of hydrogen-bond donors (Lipinski definition) is 0. The average molecular weight is 683 g/mol. The summed E-state index contributed by atoms with van der Waals surface area (Å²) in [5, 5.41) is 0. The number of rotatable bonds is 7. The number of hydrogen-bond acceptors (Lipinski definition) is 2. The number of anilines is 6. The summed E-state index contributed by atoms with van der Waals surface area (Å²) >= 11 is 0. The predicted octanol–water partition coefficient (Wildman–Crippen LogP) is 14.2. The Morgan fingerprint density at radius 3 is 1.04 bits per heavy atom. The number of nitrogens with zero attached hydrogens (tertiary/aromatic N) is 2. The lowest BCUT2D eigenvalue weighted by atomic mass is 10.0. The average Bonchev–Trinajstić information content (AvgIpc) is 3.59. The first-order valence-electron chi connectivity index (χ1n) is 18.3. The van der Waals surface area contributed by atoms with Crippen LogP contribution in [-0.2, 0) is 6.42 Å². The first-order valence-corrected chi connectivity index (χ1v) is 18.3. The van der Waals surface area contributed by atoms with E-state index in [9.17, 15) is 0 Å². The van der Waals surface area contributed by atoms with Gasteiger partial charge in [0.2, 0.25) is 0 Å². The molecule has 0 aliphatic heterocycles. The molecule has 2 heteroatoms. The van der Waals surface area contributed by atoms with Crippen molar-refractivity contribution in [3.8, 4) is 22.3 Å². The second-order valence-electron chi connectivity index (χ2n) is 13.6. The molecule has 0 bridgehead atoms. The molecule has 8 aromatic rings. The zero-order valence-corrected chi connectivity index (χ0v) is 30.2. The molecular formula is C51H42N2. The van der Waals surface area contributed by atoms with Crippen LogP contribution in [0.4, 0.5) is 34.1 Å². The van der Waals surface area contributed by atoms with Crippen LogP contribution in [0.5, 0.6) is 0 Å². The predicted molar refractivity (Wildman–Crippen MR) is 225 cm³/mol. The molecule has 0 spiro atoms. The maximum atomic E-state index is 2.31. The van der Waals surface area contributed by atoms with Gasteiger partial charge in [0.15, 0.2) is 0 Å². The van der Waals surface area contributed by atoms with Crippen LogP contribution in [0.15, 0.2) is 206 Å². The molecule has 1 aliphatic rings. The Hall–Kier alpha value is -6.64. The van der Waals surface area contributed by atoms with Gasteiger partial charge in [0, 0.05) is 34.1 Å². The number of fused-ring (bicyclic) bond motifs is 3. The Balaban J connectivity index is 0.000000256. The van der Waals surface area contributed by atoms with Crippen molar-refractivity contribution in [1.82, 2.24) is 0 Å². The number of benzene rings is 8. The third kappa shape index (κ3) is 7.40. The molecule has 2 nitrogen and oxygen atoms in total. The van der Waals surface area contributed by atoms with Crippen molar-refractivity contribution in [2.45, 2.75) is 20.3 Å². The summed E-state index contributed by atoms with van der Waals surface area (Å²) in [7, 11) is 0. The van der Waals surface area contributed by atoms with Crippen molar-refractivity contribution in [2.75, 3.05) is 9.80 Å². The Bertz CT molecular complexity index is 2260. The van der Waals surface area contributed by atoms with Crippen LogP contribution in [0.3, 0.4) is 0 Å². The minimum atomic E-state index is 1.10. The van der Waals surface area contributed by atoms with E-state index in [1.807, 2.05) is 0 Å².